The van der Waals surface area contributed by atoms with E-state index < -0.39 is 0 Å². The van der Waals surface area contributed by atoms with Crippen LogP contribution in [0.5, 0.6) is 0 Å². The second kappa shape index (κ2) is 9.79. The predicted molar refractivity (Wildman–Crippen MR) is 105 cm³/mol. The molecule has 2 aromatic heterocycles. The first-order valence-corrected chi connectivity index (χ1v) is 9.09. The van der Waals surface area contributed by atoms with Gasteiger partial charge in [0.25, 0.3) is 0 Å². The van der Waals surface area contributed by atoms with Gasteiger partial charge in [-0.15, -0.1) is 0 Å². The summed E-state index contributed by atoms with van der Waals surface area (Å²) < 4.78 is 5.44. The van der Waals surface area contributed by atoms with Crippen molar-refractivity contribution in [3.05, 3.63) is 41.4 Å². The number of hydrogen-bond acceptors (Lipinski definition) is 5. The van der Waals surface area contributed by atoms with E-state index in [0.717, 1.165) is 35.7 Å². The fourth-order valence-corrected chi connectivity index (χ4v) is 2.70. The number of aromatic nitrogens is 2. The van der Waals surface area contributed by atoms with E-state index >= 15 is 0 Å². The molecule has 0 atom stereocenters. The standard InChI is InChI=1S/C19H30N6O/c1-6-15(7-2)17-11-16(26-24-17)13-23-19(20-3)22-12-14-8-9-21-18(10-14)25(4)5/h8-11,15H,6-7,12-13H2,1-5H3,(H2,20,22,23). The van der Waals surface area contributed by atoms with E-state index in [1.807, 2.05) is 37.3 Å². The largest absolute Gasteiger partial charge is 0.363 e. The molecule has 0 aromatic carbocycles. The van der Waals surface area contributed by atoms with Crippen molar-refractivity contribution in [2.45, 2.75) is 45.7 Å². The Balaban J connectivity index is 1.87. The highest BCUT2D eigenvalue weighted by atomic mass is 16.5. The first-order valence-electron chi connectivity index (χ1n) is 9.09. The molecule has 0 radical (unpaired) electrons. The SMILES string of the molecule is CCC(CC)c1cc(CNC(=NC)NCc2ccnc(N(C)C)c2)on1. The molecule has 0 saturated carbocycles. The Labute approximate surface area is 155 Å². The molecule has 0 aliphatic heterocycles. The van der Waals surface area contributed by atoms with E-state index in [1.54, 1.807) is 7.05 Å². The molecule has 7 nitrogen and oxygen atoms in total. The van der Waals surface area contributed by atoms with Crippen LogP contribution in [0.4, 0.5) is 5.82 Å². The lowest BCUT2D eigenvalue weighted by Gasteiger charge is -2.14. The van der Waals surface area contributed by atoms with E-state index in [1.165, 1.54) is 0 Å². The topological polar surface area (TPSA) is 78.6 Å². The van der Waals surface area contributed by atoms with Crippen LogP contribution in [0.1, 0.15) is 49.6 Å². The van der Waals surface area contributed by atoms with Crippen molar-refractivity contribution in [2.24, 2.45) is 4.99 Å². The van der Waals surface area contributed by atoms with Crippen molar-refractivity contribution in [1.82, 2.24) is 20.8 Å². The average molecular weight is 358 g/mol. The van der Waals surface area contributed by atoms with Crippen LogP contribution in [0.2, 0.25) is 0 Å². The summed E-state index contributed by atoms with van der Waals surface area (Å²) in [6.45, 7) is 5.56. The molecular weight excluding hydrogens is 328 g/mol. The van der Waals surface area contributed by atoms with Crippen LogP contribution in [0.3, 0.4) is 0 Å². The zero-order chi connectivity index (χ0) is 18.9. The van der Waals surface area contributed by atoms with Crippen molar-refractivity contribution >= 4 is 11.8 Å². The van der Waals surface area contributed by atoms with Crippen molar-refractivity contribution in [3.63, 3.8) is 0 Å². The molecule has 26 heavy (non-hydrogen) atoms. The van der Waals surface area contributed by atoms with Crippen LogP contribution in [-0.2, 0) is 13.1 Å². The smallest absolute Gasteiger partial charge is 0.191 e. The number of nitrogens with zero attached hydrogens (tertiary/aromatic N) is 4. The Kier molecular flexibility index (Phi) is 7.44. The zero-order valence-electron chi connectivity index (χ0n) is 16.4. The van der Waals surface area contributed by atoms with Gasteiger partial charge in [0.1, 0.15) is 5.82 Å². The number of pyridine rings is 1. The molecule has 2 heterocycles. The van der Waals surface area contributed by atoms with E-state index in [-0.39, 0.29) is 0 Å². The molecular formula is C19H30N6O. The maximum atomic E-state index is 5.44. The first kappa shape index (κ1) is 19.8. The van der Waals surface area contributed by atoms with Gasteiger partial charge in [-0.3, -0.25) is 4.99 Å². The number of anilines is 1. The highest BCUT2D eigenvalue weighted by Crippen LogP contribution is 2.22. The number of rotatable bonds is 8. The maximum absolute atomic E-state index is 5.44. The molecule has 0 aliphatic rings. The molecule has 2 N–H and O–H groups in total. The van der Waals surface area contributed by atoms with Crippen molar-refractivity contribution in [2.75, 3.05) is 26.0 Å². The van der Waals surface area contributed by atoms with Crippen LogP contribution in [0.25, 0.3) is 0 Å². The van der Waals surface area contributed by atoms with E-state index in [4.69, 9.17) is 4.52 Å². The summed E-state index contributed by atoms with van der Waals surface area (Å²) in [5.41, 5.74) is 2.17. The molecule has 0 fully saturated rings. The van der Waals surface area contributed by atoms with Crippen LogP contribution in [0.15, 0.2) is 33.9 Å². The van der Waals surface area contributed by atoms with Gasteiger partial charge >= 0.3 is 0 Å². The van der Waals surface area contributed by atoms with Gasteiger partial charge in [-0.1, -0.05) is 19.0 Å². The Hall–Kier alpha value is -2.57. The van der Waals surface area contributed by atoms with Crippen molar-refractivity contribution < 1.29 is 4.52 Å². The van der Waals surface area contributed by atoms with Gasteiger partial charge in [-0.05, 0) is 30.5 Å². The summed E-state index contributed by atoms with van der Waals surface area (Å²) in [5.74, 6) is 2.92. The second-order valence-corrected chi connectivity index (χ2v) is 6.43. The van der Waals surface area contributed by atoms with E-state index in [2.05, 4.69) is 45.7 Å². The highest BCUT2D eigenvalue weighted by molar-refractivity contribution is 5.79. The molecule has 0 bridgehead atoms. The maximum Gasteiger partial charge on any atom is 0.191 e. The van der Waals surface area contributed by atoms with Gasteiger partial charge in [0.05, 0.1) is 12.2 Å². The summed E-state index contributed by atoms with van der Waals surface area (Å²) in [6.07, 6.45) is 3.95. The minimum absolute atomic E-state index is 0.461. The van der Waals surface area contributed by atoms with Crippen LogP contribution in [0, 0.1) is 0 Å². The Morgan fingerprint density at radius 2 is 1.92 bits per heavy atom. The molecule has 0 spiro atoms. The van der Waals surface area contributed by atoms with E-state index in [9.17, 15) is 0 Å². The Morgan fingerprint density at radius 3 is 2.58 bits per heavy atom. The summed E-state index contributed by atoms with van der Waals surface area (Å²) in [6, 6.07) is 6.08. The third-order valence-electron chi connectivity index (χ3n) is 4.36. The van der Waals surface area contributed by atoms with Gasteiger partial charge in [-0.2, -0.15) is 0 Å². The Morgan fingerprint density at radius 1 is 1.19 bits per heavy atom. The van der Waals surface area contributed by atoms with Crippen LogP contribution >= 0.6 is 0 Å². The monoisotopic (exact) mass is 358 g/mol. The lowest BCUT2D eigenvalue weighted by molar-refractivity contribution is 0.368. The second-order valence-electron chi connectivity index (χ2n) is 6.43. The lowest BCUT2D eigenvalue weighted by atomic mass is 9.99. The molecule has 0 aliphatic carbocycles. The fraction of sp³-hybridized carbons (Fsp3) is 0.526. The molecule has 2 rings (SSSR count). The third-order valence-corrected chi connectivity index (χ3v) is 4.36. The van der Waals surface area contributed by atoms with Gasteiger partial charge in [-0.25, -0.2) is 4.98 Å². The van der Waals surface area contributed by atoms with Gasteiger partial charge < -0.3 is 20.1 Å². The fourth-order valence-electron chi connectivity index (χ4n) is 2.70. The average Bonchev–Trinajstić information content (AvgIpc) is 3.12. The third kappa shape index (κ3) is 5.47. The molecule has 0 amide bonds. The summed E-state index contributed by atoms with van der Waals surface area (Å²) in [7, 11) is 5.71. The first-order chi connectivity index (χ1) is 12.6. The van der Waals surface area contributed by atoms with Crippen molar-refractivity contribution in [3.8, 4) is 0 Å². The molecule has 2 aromatic rings. The Bertz CT molecular complexity index is 706. The summed E-state index contributed by atoms with van der Waals surface area (Å²) in [4.78, 5) is 10.6. The molecule has 7 heteroatoms. The lowest BCUT2D eigenvalue weighted by Crippen LogP contribution is -2.36. The molecule has 0 saturated heterocycles. The number of aliphatic imine (C=N–C) groups is 1. The number of hydrogen-bond donors (Lipinski definition) is 2. The highest BCUT2D eigenvalue weighted by Gasteiger charge is 2.13. The van der Waals surface area contributed by atoms with Crippen molar-refractivity contribution in [1.29, 1.82) is 0 Å². The number of nitrogens with one attached hydrogen (secondary N) is 2. The van der Waals surface area contributed by atoms with Gasteiger partial charge in [0.2, 0.25) is 0 Å². The molecule has 142 valence electrons. The minimum atomic E-state index is 0.461. The number of guanidine groups is 1. The van der Waals surface area contributed by atoms with E-state index in [0.29, 0.717) is 25.0 Å². The molecule has 0 unspecified atom stereocenters. The minimum Gasteiger partial charge on any atom is -0.363 e. The summed E-state index contributed by atoms with van der Waals surface area (Å²) >= 11 is 0. The quantitative estimate of drug-likeness (QED) is 0.558. The predicted octanol–water partition coefficient (Wildman–Crippen LogP) is 2.90. The van der Waals surface area contributed by atoms with Gasteiger partial charge in [0.15, 0.2) is 11.7 Å². The normalized spacial score (nSPS) is 11.7. The zero-order valence-corrected chi connectivity index (χ0v) is 16.4. The summed E-state index contributed by atoms with van der Waals surface area (Å²) in [5, 5.41) is 10.8. The van der Waals surface area contributed by atoms with Crippen LogP contribution in [-0.4, -0.2) is 37.2 Å². The van der Waals surface area contributed by atoms with Gasteiger partial charge in [0, 0.05) is 45.9 Å². The van der Waals surface area contributed by atoms with Crippen LogP contribution < -0.4 is 15.5 Å².